The van der Waals surface area contributed by atoms with Crippen LogP contribution in [0.2, 0.25) is 0 Å². The first kappa shape index (κ1) is 27.0. The summed E-state index contributed by atoms with van der Waals surface area (Å²) in [6, 6.07) is 14.8. The summed E-state index contributed by atoms with van der Waals surface area (Å²) in [5.41, 5.74) is 15.9. The number of ether oxygens (including phenoxy) is 2. The molecule has 1 atom stereocenters. The van der Waals surface area contributed by atoms with E-state index in [1.54, 1.807) is 0 Å². The molecule has 0 saturated carbocycles. The maximum atomic E-state index is 13.4. The largest absolute Gasteiger partial charge is 0.494 e. The minimum atomic E-state index is -1.18. The van der Waals surface area contributed by atoms with Crippen molar-refractivity contribution in [3.8, 4) is 5.75 Å². The van der Waals surface area contributed by atoms with Crippen LogP contribution >= 0.6 is 0 Å². The molecule has 2 aromatic carbocycles. The summed E-state index contributed by atoms with van der Waals surface area (Å²) >= 11 is 0. The molecule has 192 valence electrons. The lowest BCUT2D eigenvalue weighted by Gasteiger charge is -2.24. The average molecular weight is 495 g/mol. The van der Waals surface area contributed by atoms with Gasteiger partial charge in [-0.05, 0) is 47.3 Å². The first-order valence-corrected chi connectivity index (χ1v) is 12.3. The second-order valence-electron chi connectivity index (χ2n) is 8.61. The summed E-state index contributed by atoms with van der Waals surface area (Å²) in [6.07, 6.45) is 3.97. The quantitative estimate of drug-likeness (QED) is 0.113. The van der Waals surface area contributed by atoms with Crippen molar-refractivity contribution in [2.45, 2.75) is 51.1 Å². The van der Waals surface area contributed by atoms with Crippen molar-refractivity contribution in [3.05, 3.63) is 75.7 Å². The van der Waals surface area contributed by atoms with Crippen LogP contribution in [0.3, 0.4) is 0 Å². The Labute approximate surface area is 211 Å². The standard InChI is InChI=1S/C26H34N6O4/c1-2-3-6-14-28-31-25(34)26(17-21-8-4-5-9-22(21)18-29-32-27)19-36-24(30-26)20-10-12-23(13-11-20)35-16-7-15-33/h4-5,8-13,28,33H,2-3,6-7,14-19H2,1H3,(H,31,34)/t26-/m0/s1. The number of nitrogens with one attached hydrogen (secondary N) is 2. The van der Waals surface area contributed by atoms with Gasteiger partial charge in [0.2, 0.25) is 5.90 Å². The summed E-state index contributed by atoms with van der Waals surface area (Å²) < 4.78 is 11.6. The van der Waals surface area contributed by atoms with Gasteiger partial charge in [-0.2, -0.15) is 0 Å². The summed E-state index contributed by atoms with van der Waals surface area (Å²) in [5.74, 6) is 0.778. The molecular formula is C26H34N6O4. The smallest absolute Gasteiger partial charge is 0.266 e. The number of aliphatic hydroxyl groups excluding tert-OH is 1. The number of aliphatic imine (C=N–C) groups is 1. The van der Waals surface area contributed by atoms with Crippen LogP contribution in [-0.4, -0.2) is 48.8 Å². The Hall–Kier alpha value is -3.59. The fourth-order valence-electron chi connectivity index (χ4n) is 3.86. The normalized spacial score (nSPS) is 16.6. The Balaban J connectivity index is 1.83. The SMILES string of the molecule is CCCCCNNC(=O)[C@]1(Cc2ccccc2CN=[N+]=[N-])COC(c2ccc(OCCCO)cc2)=N1. The zero-order valence-electron chi connectivity index (χ0n) is 20.7. The molecule has 0 aromatic heterocycles. The molecule has 0 radical (unpaired) electrons. The maximum absolute atomic E-state index is 13.4. The number of rotatable bonds is 15. The number of aliphatic hydroxyl groups is 1. The van der Waals surface area contributed by atoms with Crippen LogP contribution in [0.4, 0.5) is 0 Å². The molecule has 10 heteroatoms. The highest BCUT2D eigenvalue weighted by Crippen LogP contribution is 2.29. The molecule has 0 unspecified atom stereocenters. The minimum absolute atomic E-state index is 0.0757. The third-order valence-corrected chi connectivity index (χ3v) is 5.87. The van der Waals surface area contributed by atoms with E-state index in [4.69, 9.17) is 25.1 Å². The maximum Gasteiger partial charge on any atom is 0.266 e. The zero-order valence-corrected chi connectivity index (χ0v) is 20.7. The highest BCUT2D eigenvalue weighted by Gasteiger charge is 2.45. The van der Waals surface area contributed by atoms with Crippen LogP contribution < -0.4 is 15.6 Å². The van der Waals surface area contributed by atoms with E-state index in [1.807, 2.05) is 48.5 Å². The van der Waals surface area contributed by atoms with Gasteiger partial charge < -0.3 is 14.6 Å². The topological polar surface area (TPSA) is 141 Å². The van der Waals surface area contributed by atoms with E-state index in [2.05, 4.69) is 27.8 Å². The Bertz CT molecular complexity index is 1070. The van der Waals surface area contributed by atoms with Gasteiger partial charge in [0.05, 0.1) is 13.2 Å². The minimum Gasteiger partial charge on any atom is -0.494 e. The van der Waals surface area contributed by atoms with E-state index in [0.29, 0.717) is 37.6 Å². The molecule has 3 N–H and O–H groups in total. The molecule has 0 saturated heterocycles. The van der Waals surface area contributed by atoms with Crippen LogP contribution in [0.5, 0.6) is 5.75 Å². The van der Waals surface area contributed by atoms with Gasteiger partial charge in [-0.25, -0.2) is 10.4 Å². The molecule has 2 aromatic rings. The number of carbonyl (C=O) groups excluding carboxylic acids is 1. The van der Waals surface area contributed by atoms with Crippen molar-refractivity contribution in [3.63, 3.8) is 0 Å². The molecule has 10 nitrogen and oxygen atoms in total. The van der Waals surface area contributed by atoms with Gasteiger partial charge >= 0.3 is 0 Å². The molecule has 3 rings (SSSR count). The molecule has 36 heavy (non-hydrogen) atoms. The Morgan fingerprint density at radius 3 is 2.69 bits per heavy atom. The van der Waals surface area contributed by atoms with Crippen LogP contribution in [0.1, 0.15) is 49.3 Å². The Kier molecular flexibility index (Phi) is 10.6. The van der Waals surface area contributed by atoms with Crippen LogP contribution in [0.25, 0.3) is 10.4 Å². The fourth-order valence-corrected chi connectivity index (χ4v) is 3.86. The lowest BCUT2D eigenvalue weighted by Crippen LogP contribution is -2.53. The summed E-state index contributed by atoms with van der Waals surface area (Å²) in [4.78, 5) is 21.1. The molecule has 1 aliphatic rings. The molecule has 0 fully saturated rings. The lowest BCUT2D eigenvalue weighted by atomic mass is 9.89. The number of hydrogen-bond acceptors (Lipinski definition) is 7. The second kappa shape index (κ2) is 14.1. The van der Waals surface area contributed by atoms with Crippen LogP contribution in [-0.2, 0) is 22.5 Å². The van der Waals surface area contributed by atoms with Gasteiger partial charge in [0, 0.05) is 36.5 Å². The molecular weight excluding hydrogens is 460 g/mol. The van der Waals surface area contributed by atoms with Gasteiger partial charge in [0.25, 0.3) is 5.91 Å². The molecule has 0 aliphatic carbocycles. The van der Waals surface area contributed by atoms with Crippen LogP contribution in [0.15, 0.2) is 58.6 Å². The molecule has 1 amide bonds. The number of hydrazine groups is 1. The van der Waals surface area contributed by atoms with E-state index >= 15 is 0 Å². The summed E-state index contributed by atoms with van der Waals surface area (Å²) in [6.45, 7) is 3.56. The van der Waals surface area contributed by atoms with Crippen molar-refractivity contribution < 1.29 is 19.4 Å². The highest BCUT2D eigenvalue weighted by molar-refractivity contribution is 6.00. The van der Waals surface area contributed by atoms with E-state index in [-0.39, 0.29) is 25.7 Å². The molecule has 1 aliphatic heterocycles. The molecule has 1 heterocycles. The predicted octanol–water partition coefficient (Wildman–Crippen LogP) is 3.83. The number of carbonyl (C=O) groups is 1. The van der Waals surface area contributed by atoms with Gasteiger partial charge in [-0.1, -0.05) is 49.1 Å². The second-order valence-corrected chi connectivity index (χ2v) is 8.61. The highest BCUT2D eigenvalue weighted by atomic mass is 16.5. The van der Waals surface area contributed by atoms with E-state index < -0.39 is 5.54 Å². The van der Waals surface area contributed by atoms with Gasteiger partial charge in [-0.15, -0.1) is 0 Å². The Morgan fingerprint density at radius 2 is 1.97 bits per heavy atom. The number of amides is 1. The van der Waals surface area contributed by atoms with Gasteiger partial charge in [-0.3, -0.25) is 10.2 Å². The molecule has 0 spiro atoms. The number of benzene rings is 2. The molecule has 0 bridgehead atoms. The van der Waals surface area contributed by atoms with Crippen molar-refractivity contribution >= 4 is 11.8 Å². The van der Waals surface area contributed by atoms with Crippen LogP contribution in [0, 0.1) is 0 Å². The fraction of sp³-hybridized carbons (Fsp3) is 0.462. The van der Waals surface area contributed by atoms with E-state index in [1.165, 1.54) is 0 Å². The average Bonchev–Trinajstić information content (AvgIpc) is 3.34. The monoisotopic (exact) mass is 494 g/mol. The van der Waals surface area contributed by atoms with E-state index in [9.17, 15) is 4.79 Å². The first-order valence-electron chi connectivity index (χ1n) is 12.3. The first-order chi connectivity index (χ1) is 17.6. The summed E-state index contributed by atoms with van der Waals surface area (Å²) in [7, 11) is 0. The number of nitrogens with zero attached hydrogens (tertiary/aromatic N) is 4. The van der Waals surface area contributed by atoms with Crippen molar-refractivity contribution in [2.75, 3.05) is 26.4 Å². The number of hydrogen-bond donors (Lipinski definition) is 3. The predicted molar refractivity (Wildman–Crippen MR) is 138 cm³/mol. The lowest BCUT2D eigenvalue weighted by molar-refractivity contribution is -0.127. The number of unbranched alkanes of at least 4 members (excludes halogenated alkanes) is 2. The van der Waals surface area contributed by atoms with Crippen molar-refractivity contribution in [2.24, 2.45) is 10.1 Å². The summed E-state index contributed by atoms with van der Waals surface area (Å²) in [5, 5.41) is 12.6. The zero-order chi connectivity index (χ0) is 25.6. The van der Waals surface area contributed by atoms with Gasteiger partial charge in [0.1, 0.15) is 12.4 Å². The number of azide groups is 1. The Morgan fingerprint density at radius 1 is 1.19 bits per heavy atom. The van der Waals surface area contributed by atoms with Crippen molar-refractivity contribution in [1.82, 2.24) is 10.9 Å². The third kappa shape index (κ3) is 7.45. The van der Waals surface area contributed by atoms with Crippen molar-refractivity contribution in [1.29, 1.82) is 0 Å². The third-order valence-electron chi connectivity index (χ3n) is 5.87. The van der Waals surface area contributed by atoms with E-state index in [0.717, 1.165) is 36.0 Å². The van der Waals surface area contributed by atoms with Gasteiger partial charge in [0.15, 0.2) is 5.54 Å².